The third-order valence-corrected chi connectivity index (χ3v) is 5.30. The van der Waals surface area contributed by atoms with E-state index in [4.69, 9.17) is 4.74 Å². The molecule has 0 spiro atoms. The highest BCUT2D eigenvalue weighted by atomic mass is 79.9. The highest BCUT2D eigenvalue weighted by Gasteiger charge is 2.11. The second kappa shape index (κ2) is 8.93. The number of carbonyl (C=O) groups is 1. The van der Waals surface area contributed by atoms with Crippen LogP contribution in [0.3, 0.4) is 0 Å². The molecule has 0 saturated heterocycles. The monoisotopic (exact) mass is 477 g/mol. The van der Waals surface area contributed by atoms with Crippen molar-refractivity contribution >= 4 is 55.3 Å². The molecule has 0 bridgehead atoms. The first-order valence-corrected chi connectivity index (χ1v) is 10.1. The summed E-state index contributed by atoms with van der Waals surface area (Å²) in [4.78, 5) is 22.4. The van der Waals surface area contributed by atoms with Crippen molar-refractivity contribution in [2.75, 3.05) is 6.61 Å². The van der Waals surface area contributed by atoms with Gasteiger partial charge in [-0.3, -0.25) is 14.9 Å². The molecule has 0 fully saturated rings. The minimum absolute atomic E-state index is 0.0735. The van der Waals surface area contributed by atoms with E-state index in [9.17, 15) is 14.9 Å². The molecule has 0 aromatic heterocycles. The first-order valence-electron chi connectivity index (χ1n) is 9.32. The number of fused-ring (bicyclic) bond motifs is 2. The second-order valence-corrected chi connectivity index (χ2v) is 7.54. The fourth-order valence-electron chi connectivity index (χ4n) is 3.25. The molecule has 0 heterocycles. The number of ether oxygens (including phenoxy) is 1. The lowest BCUT2D eigenvalue weighted by atomic mass is 9.97. The van der Waals surface area contributed by atoms with Crippen LogP contribution in [0, 0.1) is 10.1 Å². The number of amides is 1. The number of nitro groups is 1. The Balaban J connectivity index is 1.48. The summed E-state index contributed by atoms with van der Waals surface area (Å²) in [6.45, 7) is -0.288. The Labute approximate surface area is 185 Å². The third-order valence-electron chi connectivity index (χ3n) is 4.68. The molecule has 0 unspecified atom stereocenters. The highest BCUT2D eigenvalue weighted by Crippen LogP contribution is 2.29. The summed E-state index contributed by atoms with van der Waals surface area (Å²) in [7, 11) is 0. The normalized spacial score (nSPS) is 11.1. The maximum Gasteiger partial charge on any atom is 0.277 e. The van der Waals surface area contributed by atoms with Crippen molar-refractivity contribution in [1.82, 2.24) is 5.43 Å². The number of non-ortho nitro benzene ring substituents is 1. The van der Waals surface area contributed by atoms with E-state index in [2.05, 4.69) is 32.5 Å². The van der Waals surface area contributed by atoms with Gasteiger partial charge in [0.2, 0.25) is 0 Å². The number of rotatable bonds is 6. The van der Waals surface area contributed by atoms with Gasteiger partial charge in [-0.1, -0.05) is 48.5 Å². The van der Waals surface area contributed by atoms with E-state index >= 15 is 0 Å². The number of hydrogen-bond donors (Lipinski definition) is 1. The Morgan fingerprint density at radius 2 is 1.68 bits per heavy atom. The summed E-state index contributed by atoms with van der Waals surface area (Å²) >= 11 is 3.20. The predicted octanol–water partition coefficient (Wildman–Crippen LogP) is 5.19. The molecule has 0 radical (unpaired) electrons. The summed E-state index contributed by atoms with van der Waals surface area (Å²) in [6.07, 6.45) is 1.63. The lowest BCUT2D eigenvalue weighted by Gasteiger charge is -2.08. The van der Waals surface area contributed by atoms with Gasteiger partial charge >= 0.3 is 0 Å². The Bertz CT molecular complexity index is 1280. The fourth-order valence-corrected chi connectivity index (χ4v) is 3.73. The van der Waals surface area contributed by atoms with Gasteiger partial charge in [-0.25, -0.2) is 5.43 Å². The van der Waals surface area contributed by atoms with Gasteiger partial charge in [0.25, 0.3) is 11.6 Å². The first-order chi connectivity index (χ1) is 15.0. The number of benzene rings is 4. The fraction of sp³-hybridized carbons (Fsp3) is 0.0435. The zero-order chi connectivity index (χ0) is 21.8. The van der Waals surface area contributed by atoms with E-state index in [1.54, 1.807) is 6.21 Å². The van der Waals surface area contributed by atoms with Crippen LogP contribution in [-0.4, -0.2) is 23.7 Å². The lowest BCUT2D eigenvalue weighted by Crippen LogP contribution is -2.24. The van der Waals surface area contributed by atoms with Crippen LogP contribution in [0.5, 0.6) is 5.75 Å². The topological polar surface area (TPSA) is 93.8 Å². The van der Waals surface area contributed by atoms with Gasteiger partial charge in [0.05, 0.1) is 15.6 Å². The van der Waals surface area contributed by atoms with Crippen LogP contribution in [0.15, 0.2) is 82.4 Å². The maximum atomic E-state index is 12.1. The summed E-state index contributed by atoms with van der Waals surface area (Å²) in [6, 6.07) is 22.2. The molecule has 7 nitrogen and oxygen atoms in total. The van der Waals surface area contributed by atoms with Crippen LogP contribution < -0.4 is 10.2 Å². The van der Waals surface area contributed by atoms with Crippen molar-refractivity contribution in [3.63, 3.8) is 0 Å². The molecule has 154 valence electrons. The molecular formula is C23H16BrN3O4. The van der Waals surface area contributed by atoms with Gasteiger partial charge in [0.15, 0.2) is 6.61 Å². The van der Waals surface area contributed by atoms with Gasteiger partial charge in [0, 0.05) is 17.7 Å². The van der Waals surface area contributed by atoms with Crippen LogP contribution in [0.4, 0.5) is 5.69 Å². The van der Waals surface area contributed by atoms with Crippen molar-refractivity contribution in [2.45, 2.75) is 0 Å². The van der Waals surface area contributed by atoms with Crippen molar-refractivity contribution in [1.29, 1.82) is 0 Å². The minimum Gasteiger partial charge on any atom is -0.483 e. The largest absolute Gasteiger partial charge is 0.483 e. The van der Waals surface area contributed by atoms with Gasteiger partial charge in [-0.05, 0) is 49.6 Å². The van der Waals surface area contributed by atoms with E-state index in [1.807, 2.05) is 48.5 Å². The molecule has 8 heteroatoms. The summed E-state index contributed by atoms with van der Waals surface area (Å²) in [5.74, 6) is -0.129. The van der Waals surface area contributed by atoms with Crippen LogP contribution in [0.2, 0.25) is 0 Å². The van der Waals surface area contributed by atoms with Gasteiger partial charge in [0.1, 0.15) is 5.75 Å². The van der Waals surface area contributed by atoms with E-state index in [1.165, 1.54) is 18.2 Å². The standard InChI is InChI=1S/C23H16BrN3O4/c24-21-12-17(27(29)30)9-10-22(21)31-14-23(28)26-25-13-20-18-7-3-1-5-15(18)11-16-6-2-4-8-19(16)20/h1-13H,14H2,(H,26,28)/b25-13+. The van der Waals surface area contributed by atoms with Crippen LogP contribution >= 0.6 is 15.9 Å². The van der Waals surface area contributed by atoms with E-state index in [-0.39, 0.29) is 12.3 Å². The molecule has 0 aliphatic carbocycles. The number of nitrogens with zero attached hydrogens (tertiary/aromatic N) is 2. The molecular weight excluding hydrogens is 462 g/mol. The summed E-state index contributed by atoms with van der Waals surface area (Å²) in [5, 5.41) is 19.1. The van der Waals surface area contributed by atoms with Crippen LogP contribution in [0.1, 0.15) is 5.56 Å². The maximum absolute atomic E-state index is 12.1. The van der Waals surface area contributed by atoms with Crippen LogP contribution in [0.25, 0.3) is 21.5 Å². The molecule has 1 amide bonds. The highest BCUT2D eigenvalue weighted by molar-refractivity contribution is 9.10. The zero-order valence-corrected chi connectivity index (χ0v) is 17.7. The number of hydrogen-bond acceptors (Lipinski definition) is 5. The Morgan fingerprint density at radius 3 is 2.29 bits per heavy atom. The second-order valence-electron chi connectivity index (χ2n) is 6.69. The van der Waals surface area contributed by atoms with Crippen molar-refractivity contribution in [3.05, 3.63) is 92.9 Å². The Hall–Kier alpha value is -3.78. The molecule has 0 aliphatic rings. The molecule has 1 N–H and O–H groups in total. The Kier molecular flexibility index (Phi) is 5.90. The SMILES string of the molecule is O=C(COc1ccc([N+](=O)[O-])cc1Br)N/N=C/c1c2ccccc2cc2ccccc12. The minimum atomic E-state index is -0.507. The number of nitrogens with one attached hydrogen (secondary N) is 1. The van der Waals surface area contributed by atoms with E-state index < -0.39 is 10.8 Å². The van der Waals surface area contributed by atoms with Crippen LogP contribution in [-0.2, 0) is 4.79 Å². The zero-order valence-electron chi connectivity index (χ0n) is 16.1. The van der Waals surface area contributed by atoms with E-state index in [0.29, 0.717) is 10.2 Å². The summed E-state index contributed by atoms with van der Waals surface area (Å²) in [5.41, 5.74) is 3.30. The number of hydrazone groups is 1. The molecule has 0 saturated carbocycles. The third kappa shape index (κ3) is 4.54. The molecule has 4 aromatic rings. The molecule has 4 aromatic carbocycles. The number of carbonyl (C=O) groups excluding carboxylic acids is 1. The predicted molar refractivity (Wildman–Crippen MR) is 123 cm³/mol. The molecule has 0 aliphatic heterocycles. The number of halogens is 1. The smallest absolute Gasteiger partial charge is 0.277 e. The van der Waals surface area contributed by atoms with E-state index in [0.717, 1.165) is 27.1 Å². The van der Waals surface area contributed by atoms with Crippen molar-refractivity contribution in [3.8, 4) is 5.75 Å². The molecule has 0 atom stereocenters. The van der Waals surface area contributed by atoms with Gasteiger partial charge < -0.3 is 4.74 Å². The quantitative estimate of drug-likeness (QED) is 0.179. The summed E-state index contributed by atoms with van der Waals surface area (Å²) < 4.78 is 5.81. The van der Waals surface area contributed by atoms with Gasteiger partial charge in [-0.2, -0.15) is 5.10 Å². The van der Waals surface area contributed by atoms with Crippen molar-refractivity contribution < 1.29 is 14.5 Å². The Morgan fingerprint density at radius 1 is 1.03 bits per heavy atom. The van der Waals surface area contributed by atoms with Gasteiger partial charge in [-0.15, -0.1) is 0 Å². The average Bonchev–Trinajstić information content (AvgIpc) is 2.77. The lowest BCUT2D eigenvalue weighted by molar-refractivity contribution is -0.384. The molecule has 4 rings (SSSR count). The number of nitro benzene ring substituents is 1. The average molecular weight is 478 g/mol. The molecule has 31 heavy (non-hydrogen) atoms. The first kappa shape index (κ1) is 20.5. The van der Waals surface area contributed by atoms with Crippen molar-refractivity contribution in [2.24, 2.45) is 5.10 Å².